The summed E-state index contributed by atoms with van der Waals surface area (Å²) < 4.78 is 10.2. The second kappa shape index (κ2) is 9.18. The molecule has 0 spiro atoms. The average molecular weight is 322 g/mol. The fraction of sp³-hybridized carbons (Fsp3) is 0.556. The van der Waals surface area contributed by atoms with Gasteiger partial charge in [-0.3, -0.25) is 9.59 Å². The summed E-state index contributed by atoms with van der Waals surface area (Å²) in [7, 11) is 0. The number of phenols is 1. The average Bonchev–Trinajstić information content (AvgIpc) is 2.46. The first-order valence-electron chi connectivity index (χ1n) is 7.90. The largest absolute Gasteiger partial charge is 0.508 e. The SMILES string of the molecule is CC(C)COC(=O)Cc1ccc(CC(=O)OCC(C)C)c(O)c1. The molecule has 1 N–H and O–H groups in total. The number of phenolic OH excluding ortho intramolecular Hbond substituents is 1. The van der Waals surface area contributed by atoms with E-state index in [1.54, 1.807) is 12.1 Å². The molecule has 0 saturated carbocycles. The van der Waals surface area contributed by atoms with E-state index in [0.29, 0.717) is 24.3 Å². The van der Waals surface area contributed by atoms with Crippen molar-refractivity contribution in [3.05, 3.63) is 29.3 Å². The zero-order valence-electron chi connectivity index (χ0n) is 14.3. The first-order valence-corrected chi connectivity index (χ1v) is 7.90. The quantitative estimate of drug-likeness (QED) is 0.745. The Bertz CT molecular complexity index is 534. The molecule has 5 heteroatoms. The minimum absolute atomic E-state index is 0.0105. The van der Waals surface area contributed by atoms with Crippen LogP contribution in [-0.2, 0) is 31.9 Å². The lowest BCUT2D eigenvalue weighted by Crippen LogP contribution is -2.13. The summed E-state index contributed by atoms with van der Waals surface area (Å²) in [5.74, 6) is -0.167. The van der Waals surface area contributed by atoms with Crippen LogP contribution in [0.3, 0.4) is 0 Å². The summed E-state index contributed by atoms with van der Waals surface area (Å²) in [5.41, 5.74) is 1.13. The van der Waals surface area contributed by atoms with E-state index in [9.17, 15) is 14.7 Å². The molecule has 0 unspecified atom stereocenters. The van der Waals surface area contributed by atoms with Crippen LogP contribution in [0.5, 0.6) is 5.75 Å². The maximum absolute atomic E-state index is 11.7. The van der Waals surface area contributed by atoms with Gasteiger partial charge in [-0.05, 0) is 23.5 Å². The highest BCUT2D eigenvalue weighted by Crippen LogP contribution is 2.20. The van der Waals surface area contributed by atoms with E-state index in [2.05, 4.69) is 0 Å². The number of carbonyl (C=O) groups excluding carboxylic acids is 2. The lowest BCUT2D eigenvalue weighted by atomic mass is 10.1. The monoisotopic (exact) mass is 322 g/mol. The smallest absolute Gasteiger partial charge is 0.310 e. The van der Waals surface area contributed by atoms with Gasteiger partial charge in [0.05, 0.1) is 26.1 Å². The van der Waals surface area contributed by atoms with Crippen molar-refractivity contribution in [2.75, 3.05) is 13.2 Å². The van der Waals surface area contributed by atoms with Gasteiger partial charge >= 0.3 is 11.9 Å². The summed E-state index contributed by atoms with van der Waals surface area (Å²) in [5, 5.41) is 9.99. The van der Waals surface area contributed by atoms with E-state index < -0.39 is 0 Å². The van der Waals surface area contributed by atoms with Crippen LogP contribution in [0.1, 0.15) is 38.8 Å². The van der Waals surface area contributed by atoms with Crippen LogP contribution < -0.4 is 0 Å². The standard InChI is InChI=1S/C18H26O5/c1-12(2)10-22-17(20)8-14-5-6-15(16(19)7-14)9-18(21)23-11-13(3)4/h5-7,12-13,19H,8-11H2,1-4H3. The van der Waals surface area contributed by atoms with Crippen LogP contribution in [-0.4, -0.2) is 30.3 Å². The Hall–Kier alpha value is -2.04. The van der Waals surface area contributed by atoms with Crippen molar-refractivity contribution in [1.29, 1.82) is 0 Å². The molecular weight excluding hydrogens is 296 g/mol. The van der Waals surface area contributed by atoms with Crippen molar-refractivity contribution in [2.45, 2.75) is 40.5 Å². The Labute approximate surface area is 137 Å². The molecule has 0 heterocycles. The molecule has 0 bridgehead atoms. The van der Waals surface area contributed by atoms with Crippen molar-refractivity contribution in [1.82, 2.24) is 0 Å². The van der Waals surface area contributed by atoms with E-state index in [0.717, 1.165) is 0 Å². The molecule has 0 aliphatic heterocycles. The van der Waals surface area contributed by atoms with E-state index in [4.69, 9.17) is 9.47 Å². The molecule has 0 amide bonds. The number of rotatable bonds is 8. The van der Waals surface area contributed by atoms with E-state index in [1.807, 2.05) is 27.7 Å². The Balaban J connectivity index is 2.57. The minimum Gasteiger partial charge on any atom is -0.508 e. The molecule has 0 radical (unpaired) electrons. The van der Waals surface area contributed by atoms with Crippen molar-refractivity contribution < 1.29 is 24.2 Å². The number of carbonyl (C=O) groups is 2. The molecule has 0 atom stereocenters. The molecule has 0 aromatic heterocycles. The first kappa shape index (κ1) is 19.0. The molecule has 0 saturated heterocycles. The molecule has 0 aliphatic rings. The van der Waals surface area contributed by atoms with Gasteiger partial charge < -0.3 is 14.6 Å². The van der Waals surface area contributed by atoms with Crippen molar-refractivity contribution in [3.8, 4) is 5.75 Å². The topological polar surface area (TPSA) is 72.8 Å². The molecule has 1 aromatic rings. The highest BCUT2D eigenvalue weighted by Gasteiger charge is 2.12. The number of hydrogen-bond acceptors (Lipinski definition) is 5. The zero-order chi connectivity index (χ0) is 17.4. The third-order valence-corrected chi connectivity index (χ3v) is 2.99. The van der Waals surface area contributed by atoms with Crippen molar-refractivity contribution in [2.24, 2.45) is 11.8 Å². The van der Waals surface area contributed by atoms with Crippen molar-refractivity contribution in [3.63, 3.8) is 0 Å². The van der Waals surface area contributed by atoms with Crippen LogP contribution in [0.15, 0.2) is 18.2 Å². The summed E-state index contributed by atoms with van der Waals surface area (Å²) in [6.45, 7) is 8.58. The fourth-order valence-corrected chi connectivity index (χ4v) is 1.81. The molecular formula is C18H26O5. The summed E-state index contributed by atoms with van der Waals surface area (Å²) >= 11 is 0. The highest BCUT2D eigenvalue weighted by atomic mass is 16.5. The van der Waals surface area contributed by atoms with E-state index in [-0.39, 0.29) is 42.4 Å². The van der Waals surface area contributed by atoms with Gasteiger partial charge in [0, 0.05) is 5.56 Å². The maximum atomic E-state index is 11.7. The zero-order valence-corrected chi connectivity index (χ0v) is 14.3. The minimum atomic E-state index is -0.377. The Morgan fingerprint density at radius 2 is 1.48 bits per heavy atom. The highest BCUT2D eigenvalue weighted by molar-refractivity contribution is 5.75. The van der Waals surface area contributed by atoms with Gasteiger partial charge in [-0.25, -0.2) is 0 Å². The predicted molar refractivity (Wildman–Crippen MR) is 87.1 cm³/mol. The summed E-state index contributed by atoms with van der Waals surface area (Å²) in [6, 6.07) is 4.83. The molecule has 0 fully saturated rings. The van der Waals surface area contributed by atoms with Crippen LogP contribution in [0, 0.1) is 11.8 Å². The second-order valence-corrected chi connectivity index (χ2v) is 6.47. The molecule has 128 valence electrons. The lowest BCUT2D eigenvalue weighted by Gasteiger charge is -2.10. The number of ether oxygens (including phenoxy) is 2. The van der Waals surface area contributed by atoms with Gasteiger partial charge in [0.15, 0.2) is 0 Å². The normalized spacial score (nSPS) is 10.9. The molecule has 23 heavy (non-hydrogen) atoms. The number of esters is 2. The Morgan fingerprint density at radius 1 is 0.957 bits per heavy atom. The van der Waals surface area contributed by atoms with E-state index >= 15 is 0 Å². The van der Waals surface area contributed by atoms with Crippen LogP contribution in [0.4, 0.5) is 0 Å². The number of hydrogen-bond donors (Lipinski definition) is 1. The fourth-order valence-electron chi connectivity index (χ4n) is 1.81. The maximum Gasteiger partial charge on any atom is 0.310 e. The number of benzene rings is 1. The third kappa shape index (κ3) is 7.68. The van der Waals surface area contributed by atoms with Gasteiger partial charge in [0.2, 0.25) is 0 Å². The van der Waals surface area contributed by atoms with Crippen LogP contribution in [0.25, 0.3) is 0 Å². The van der Waals surface area contributed by atoms with Gasteiger partial charge in [0.25, 0.3) is 0 Å². The molecule has 1 rings (SSSR count). The summed E-state index contributed by atoms with van der Waals surface area (Å²) in [6.07, 6.45) is 0.106. The van der Waals surface area contributed by atoms with Gasteiger partial charge in [0.1, 0.15) is 5.75 Å². The molecule has 0 aliphatic carbocycles. The molecule has 1 aromatic carbocycles. The second-order valence-electron chi connectivity index (χ2n) is 6.47. The van der Waals surface area contributed by atoms with Crippen LogP contribution in [0.2, 0.25) is 0 Å². The summed E-state index contributed by atoms with van der Waals surface area (Å²) in [4.78, 5) is 23.3. The van der Waals surface area contributed by atoms with E-state index in [1.165, 1.54) is 6.07 Å². The number of aromatic hydroxyl groups is 1. The Kier molecular flexibility index (Phi) is 7.59. The first-order chi connectivity index (χ1) is 10.8. The molecule has 5 nitrogen and oxygen atoms in total. The lowest BCUT2D eigenvalue weighted by molar-refractivity contribution is -0.144. The third-order valence-electron chi connectivity index (χ3n) is 2.99. The van der Waals surface area contributed by atoms with Crippen molar-refractivity contribution >= 4 is 11.9 Å². The predicted octanol–water partition coefficient (Wildman–Crippen LogP) is 2.88. The van der Waals surface area contributed by atoms with Gasteiger partial charge in [-0.15, -0.1) is 0 Å². The van der Waals surface area contributed by atoms with Gasteiger partial charge in [-0.1, -0.05) is 39.8 Å². The van der Waals surface area contributed by atoms with Crippen LogP contribution >= 0.6 is 0 Å². The van der Waals surface area contributed by atoms with Gasteiger partial charge in [-0.2, -0.15) is 0 Å². The Morgan fingerprint density at radius 3 is 1.96 bits per heavy atom.